The van der Waals surface area contributed by atoms with E-state index in [0.29, 0.717) is 5.69 Å². The minimum absolute atomic E-state index is 0.0363. The summed E-state index contributed by atoms with van der Waals surface area (Å²) in [5, 5.41) is 2.73. The number of ether oxygens (including phenoxy) is 1. The summed E-state index contributed by atoms with van der Waals surface area (Å²) in [5.41, 5.74) is 9.48. The van der Waals surface area contributed by atoms with Crippen molar-refractivity contribution in [1.82, 2.24) is 0 Å². The largest absolute Gasteiger partial charge is 0.444 e. The molecule has 2 aromatic carbocycles. The fourth-order valence-electron chi connectivity index (χ4n) is 2.31. The molecule has 0 bridgehead atoms. The van der Waals surface area contributed by atoms with Gasteiger partial charge < -0.3 is 10.5 Å². The Bertz CT molecular complexity index is 671. The molecule has 1 unspecified atom stereocenters. The van der Waals surface area contributed by atoms with Gasteiger partial charge >= 0.3 is 6.09 Å². The molecule has 4 heteroatoms. The van der Waals surface area contributed by atoms with Crippen LogP contribution in [0.1, 0.15) is 39.3 Å². The van der Waals surface area contributed by atoms with Gasteiger partial charge in [-0.1, -0.05) is 36.4 Å². The molecule has 0 saturated carbocycles. The molecule has 0 saturated heterocycles. The molecular formula is C19H24N2O2. The van der Waals surface area contributed by atoms with Crippen LogP contribution >= 0.6 is 0 Å². The normalized spacial score (nSPS) is 12.6. The van der Waals surface area contributed by atoms with Gasteiger partial charge in [-0.3, -0.25) is 5.32 Å². The molecule has 0 heterocycles. The summed E-state index contributed by atoms with van der Waals surface area (Å²) in [6.45, 7) is 7.47. The Kier molecular flexibility index (Phi) is 5.06. The minimum Gasteiger partial charge on any atom is -0.444 e. The average molecular weight is 312 g/mol. The molecule has 23 heavy (non-hydrogen) atoms. The monoisotopic (exact) mass is 312 g/mol. The molecule has 0 radical (unpaired) electrons. The van der Waals surface area contributed by atoms with Crippen molar-refractivity contribution >= 4 is 11.8 Å². The van der Waals surface area contributed by atoms with Crippen LogP contribution in [0.15, 0.2) is 48.5 Å². The van der Waals surface area contributed by atoms with Crippen molar-refractivity contribution in [2.45, 2.75) is 39.3 Å². The van der Waals surface area contributed by atoms with Crippen molar-refractivity contribution in [3.05, 3.63) is 54.1 Å². The Balaban J connectivity index is 2.16. The van der Waals surface area contributed by atoms with Gasteiger partial charge in [0.1, 0.15) is 5.60 Å². The smallest absolute Gasteiger partial charge is 0.412 e. The Labute approximate surface area is 137 Å². The van der Waals surface area contributed by atoms with Crippen LogP contribution in [0.5, 0.6) is 0 Å². The maximum atomic E-state index is 11.8. The number of carbonyl (C=O) groups is 1. The molecule has 1 atom stereocenters. The highest BCUT2D eigenvalue weighted by Crippen LogP contribution is 2.28. The number of carbonyl (C=O) groups excluding carboxylic acids is 1. The number of nitrogens with two attached hydrogens (primary N) is 1. The maximum absolute atomic E-state index is 11.8. The summed E-state index contributed by atoms with van der Waals surface area (Å²) >= 11 is 0. The zero-order valence-corrected chi connectivity index (χ0v) is 14.1. The first-order chi connectivity index (χ1) is 10.8. The van der Waals surface area contributed by atoms with Crippen LogP contribution in [0.2, 0.25) is 0 Å². The van der Waals surface area contributed by atoms with Crippen molar-refractivity contribution in [1.29, 1.82) is 0 Å². The zero-order valence-electron chi connectivity index (χ0n) is 14.1. The summed E-state index contributed by atoms with van der Waals surface area (Å²) in [4.78, 5) is 11.8. The van der Waals surface area contributed by atoms with E-state index in [0.717, 1.165) is 16.7 Å². The van der Waals surface area contributed by atoms with Gasteiger partial charge in [0.05, 0.1) is 0 Å². The Morgan fingerprint density at radius 2 is 1.70 bits per heavy atom. The summed E-state index contributed by atoms with van der Waals surface area (Å²) in [6.07, 6.45) is -0.457. The van der Waals surface area contributed by atoms with Gasteiger partial charge in [0, 0.05) is 11.7 Å². The molecular weight excluding hydrogens is 288 g/mol. The number of benzene rings is 2. The second-order valence-electron chi connectivity index (χ2n) is 6.58. The lowest BCUT2D eigenvalue weighted by molar-refractivity contribution is 0.0636. The fourth-order valence-corrected chi connectivity index (χ4v) is 2.31. The van der Waals surface area contributed by atoms with Gasteiger partial charge in [0.25, 0.3) is 0 Å². The van der Waals surface area contributed by atoms with Gasteiger partial charge in [0.2, 0.25) is 0 Å². The Morgan fingerprint density at radius 1 is 1.09 bits per heavy atom. The van der Waals surface area contributed by atoms with Gasteiger partial charge in [-0.05, 0) is 56.5 Å². The lowest BCUT2D eigenvalue weighted by Gasteiger charge is -2.19. The first-order valence-corrected chi connectivity index (χ1v) is 7.71. The van der Waals surface area contributed by atoms with Gasteiger partial charge in [-0.2, -0.15) is 0 Å². The van der Waals surface area contributed by atoms with Crippen molar-refractivity contribution in [3.63, 3.8) is 0 Å². The lowest BCUT2D eigenvalue weighted by Crippen LogP contribution is -2.27. The van der Waals surface area contributed by atoms with Crippen LogP contribution in [0.3, 0.4) is 0 Å². The molecule has 0 spiro atoms. The number of anilines is 1. The predicted octanol–water partition coefficient (Wildman–Crippen LogP) is 4.72. The Hall–Kier alpha value is -2.33. The molecule has 1 amide bonds. The van der Waals surface area contributed by atoms with Crippen LogP contribution in [0, 0.1) is 0 Å². The van der Waals surface area contributed by atoms with E-state index in [1.165, 1.54) is 0 Å². The van der Waals surface area contributed by atoms with Crippen LogP contribution in [-0.2, 0) is 4.74 Å². The fraction of sp³-hybridized carbons (Fsp3) is 0.316. The first kappa shape index (κ1) is 17.0. The quantitative estimate of drug-likeness (QED) is 0.862. The molecule has 0 aliphatic carbocycles. The second-order valence-corrected chi connectivity index (χ2v) is 6.58. The minimum atomic E-state index is -0.514. The zero-order chi connectivity index (χ0) is 17.0. The van der Waals surface area contributed by atoms with Crippen molar-refractivity contribution < 1.29 is 9.53 Å². The van der Waals surface area contributed by atoms with E-state index in [4.69, 9.17) is 10.5 Å². The highest BCUT2D eigenvalue weighted by molar-refractivity contribution is 5.85. The van der Waals surface area contributed by atoms with E-state index in [2.05, 4.69) is 11.4 Å². The molecule has 2 rings (SSSR count). The van der Waals surface area contributed by atoms with Crippen LogP contribution in [0.4, 0.5) is 10.5 Å². The summed E-state index contributed by atoms with van der Waals surface area (Å²) in [7, 11) is 0. The van der Waals surface area contributed by atoms with Crippen molar-refractivity contribution in [2.75, 3.05) is 5.32 Å². The van der Waals surface area contributed by atoms with Crippen molar-refractivity contribution in [3.8, 4) is 11.1 Å². The van der Waals surface area contributed by atoms with E-state index in [1.807, 2.05) is 70.2 Å². The number of rotatable bonds is 3. The third-order valence-corrected chi connectivity index (χ3v) is 3.29. The molecule has 2 aromatic rings. The summed E-state index contributed by atoms with van der Waals surface area (Å²) < 4.78 is 5.24. The predicted molar refractivity (Wildman–Crippen MR) is 94.3 cm³/mol. The molecule has 3 N–H and O–H groups in total. The van der Waals surface area contributed by atoms with E-state index >= 15 is 0 Å². The average Bonchev–Trinajstić information content (AvgIpc) is 2.46. The second kappa shape index (κ2) is 6.84. The molecule has 0 aliphatic heterocycles. The van der Waals surface area contributed by atoms with E-state index in [1.54, 1.807) is 0 Å². The molecule has 4 nitrogen and oxygen atoms in total. The van der Waals surface area contributed by atoms with Gasteiger partial charge in [-0.15, -0.1) is 0 Å². The summed E-state index contributed by atoms with van der Waals surface area (Å²) in [6, 6.07) is 15.7. The molecule has 0 aromatic heterocycles. The Morgan fingerprint density at radius 3 is 2.26 bits per heavy atom. The number of nitrogens with one attached hydrogen (secondary N) is 1. The SMILES string of the molecule is CC(N)c1ccccc1-c1ccc(NC(=O)OC(C)(C)C)cc1. The third-order valence-electron chi connectivity index (χ3n) is 3.29. The highest BCUT2D eigenvalue weighted by atomic mass is 16.6. The topological polar surface area (TPSA) is 64.3 Å². The number of hydrogen-bond donors (Lipinski definition) is 2. The molecule has 0 fully saturated rings. The third kappa shape index (κ3) is 4.83. The van der Waals surface area contributed by atoms with Gasteiger partial charge in [-0.25, -0.2) is 4.79 Å². The maximum Gasteiger partial charge on any atom is 0.412 e. The lowest BCUT2D eigenvalue weighted by atomic mass is 9.96. The van der Waals surface area contributed by atoms with Crippen molar-refractivity contribution in [2.24, 2.45) is 5.73 Å². The van der Waals surface area contributed by atoms with Crippen LogP contribution in [-0.4, -0.2) is 11.7 Å². The first-order valence-electron chi connectivity index (χ1n) is 7.71. The van der Waals surface area contributed by atoms with Crippen LogP contribution < -0.4 is 11.1 Å². The highest BCUT2D eigenvalue weighted by Gasteiger charge is 2.16. The van der Waals surface area contributed by atoms with E-state index in [-0.39, 0.29) is 6.04 Å². The number of amides is 1. The number of hydrogen-bond acceptors (Lipinski definition) is 3. The van der Waals surface area contributed by atoms with Crippen LogP contribution in [0.25, 0.3) is 11.1 Å². The summed E-state index contributed by atoms with van der Waals surface area (Å²) in [5.74, 6) is 0. The molecule has 0 aliphatic rings. The standard InChI is InChI=1S/C19H24N2O2/c1-13(20)16-7-5-6-8-17(16)14-9-11-15(12-10-14)21-18(22)23-19(2,3)4/h5-13H,20H2,1-4H3,(H,21,22). The van der Waals surface area contributed by atoms with E-state index in [9.17, 15) is 4.79 Å². The van der Waals surface area contributed by atoms with E-state index < -0.39 is 11.7 Å². The van der Waals surface area contributed by atoms with Gasteiger partial charge in [0.15, 0.2) is 0 Å². The molecule has 122 valence electrons.